The third-order valence-electron chi connectivity index (χ3n) is 6.70. The minimum Gasteiger partial charge on any atom is -0.447 e. The van der Waals surface area contributed by atoms with E-state index in [2.05, 4.69) is 15.6 Å². The third kappa shape index (κ3) is 8.22. The number of hydrogen-bond donors (Lipinski definition) is 3. The van der Waals surface area contributed by atoms with Crippen molar-refractivity contribution in [3.8, 4) is 11.1 Å². The van der Waals surface area contributed by atoms with Crippen molar-refractivity contribution in [3.05, 3.63) is 90.0 Å². The summed E-state index contributed by atoms with van der Waals surface area (Å²) >= 11 is 0. The number of primary amides is 1. The number of benzene rings is 3. The number of amides is 2. The van der Waals surface area contributed by atoms with Gasteiger partial charge < -0.3 is 21.1 Å². The van der Waals surface area contributed by atoms with E-state index in [-0.39, 0.29) is 25.5 Å². The molecule has 9 nitrogen and oxygen atoms in total. The number of carbonyl (C=O) groups is 3. The van der Waals surface area contributed by atoms with Crippen molar-refractivity contribution in [1.82, 2.24) is 15.6 Å². The number of hydrogen-bond acceptors (Lipinski definition) is 7. The van der Waals surface area contributed by atoms with Gasteiger partial charge in [-0.25, -0.2) is 14.8 Å². The van der Waals surface area contributed by atoms with Gasteiger partial charge in [0.15, 0.2) is 5.78 Å². The van der Waals surface area contributed by atoms with Crippen molar-refractivity contribution in [2.45, 2.75) is 25.8 Å². The second kappa shape index (κ2) is 14.9. The predicted octanol–water partition coefficient (Wildman–Crippen LogP) is 3.74. The molecule has 0 unspecified atom stereocenters. The normalized spacial score (nSPS) is 13.5. The highest BCUT2D eigenvalue weighted by molar-refractivity contribution is 5.97. The third-order valence-corrected chi connectivity index (χ3v) is 6.70. The summed E-state index contributed by atoms with van der Waals surface area (Å²) in [5.74, 6) is -0.477. The van der Waals surface area contributed by atoms with E-state index in [1.165, 1.54) is 0 Å². The van der Waals surface area contributed by atoms with Crippen molar-refractivity contribution in [1.29, 1.82) is 0 Å². The minimum absolute atomic E-state index is 0.0605. The number of nitrogens with zero attached hydrogens (tertiary/aromatic N) is 2. The van der Waals surface area contributed by atoms with E-state index in [9.17, 15) is 14.4 Å². The summed E-state index contributed by atoms with van der Waals surface area (Å²) in [6.07, 6.45) is 2.75. The van der Waals surface area contributed by atoms with Gasteiger partial charge in [-0.2, -0.15) is 0 Å². The standard InChI is InChI=1S/C31H37N5O4/c32-30(38)23-34-21-24-13-15-26(16-14-24)29(37)22-33-17-20-40-31(39)36(35-18-7-2-8-19-35)28-12-6-5-11-27(28)25-9-3-1-4-10-25/h1,3-6,9-16,33-34H,2,7-8,17-23H2,(H2,32,38). The maximum absolute atomic E-state index is 13.4. The summed E-state index contributed by atoms with van der Waals surface area (Å²) in [6, 6.07) is 25.1. The van der Waals surface area contributed by atoms with Gasteiger partial charge in [-0.3, -0.25) is 9.59 Å². The molecule has 0 radical (unpaired) electrons. The van der Waals surface area contributed by atoms with Crippen LogP contribution in [0.15, 0.2) is 78.9 Å². The molecule has 0 spiro atoms. The molecule has 9 heteroatoms. The monoisotopic (exact) mass is 543 g/mol. The van der Waals surface area contributed by atoms with Crippen molar-refractivity contribution in [2.75, 3.05) is 44.3 Å². The Hall–Kier alpha value is -4.05. The highest BCUT2D eigenvalue weighted by Gasteiger charge is 2.28. The van der Waals surface area contributed by atoms with Gasteiger partial charge in [0.2, 0.25) is 5.91 Å². The molecular formula is C31H37N5O4. The molecule has 3 aromatic rings. The van der Waals surface area contributed by atoms with Crippen LogP contribution in [0.1, 0.15) is 35.2 Å². The summed E-state index contributed by atoms with van der Waals surface area (Å²) in [4.78, 5) is 36.8. The molecule has 4 rings (SSSR count). The lowest BCUT2D eigenvalue weighted by molar-refractivity contribution is -0.117. The van der Waals surface area contributed by atoms with Crippen LogP contribution in [-0.2, 0) is 16.1 Å². The number of nitrogens with two attached hydrogens (primary N) is 1. The maximum Gasteiger partial charge on any atom is 0.429 e. The lowest BCUT2D eigenvalue weighted by Gasteiger charge is -2.37. The second-order valence-corrected chi connectivity index (χ2v) is 9.69. The summed E-state index contributed by atoms with van der Waals surface area (Å²) in [5.41, 5.74) is 9.43. The first-order chi connectivity index (χ1) is 19.5. The Labute approximate surface area is 235 Å². The first-order valence-electron chi connectivity index (χ1n) is 13.7. The Kier molecular flexibility index (Phi) is 10.8. The molecule has 3 aromatic carbocycles. The molecular weight excluding hydrogens is 506 g/mol. The number of Topliss-reactive ketones (excluding diaryl/α,β-unsaturated/α-hetero) is 1. The molecule has 1 fully saturated rings. The number of ketones is 1. The zero-order chi connectivity index (χ0) is 28.2. The van der Waals surface area contributed by atoms with Crippen LogP contribution < -0.4 is 21.4 Å². The van der Waals surface area contributed by atoms with Crippen LogP contribution in [0.3, 0.4) is 0 Å². The number of carbonyl (C=O) groups excluding carboxylic acids is 3. The predicted molar refractivity (Wildman–Crippen MR) is 156 cm³/mol. The number of piperidine rings is 1. The number of rotatable bonds is 13. The van der Waals surface area contributed by atoms with Gasteiger partial charge in [-0.05, 0) is 30.0 Å². The lowest BCUT2D eigenvalue weighted by Crippen LogP contribution is -2.50. The van der Waals surface area contributed by atoms with E-state index < -0.39 is 12.0 Å². The van der Waals surface area contributed by atoms with Crippen molar-refractivity contribution in [2.24, 2.45) is 5.73 Å². The molecule has 40 heavy (non-hydrogen) atoms. The van der Waals surface area contributed by atoms with Crippen molar-refractivity contribution >= 4 is 23.5 Å². The molecule has 4 N–H and O–H groups in total. The molecule has 0 aromatic heterocycles. The van der Waals surface area contributed by atoms with Gasteiger partial charge in [-0.15, -0.1) is 0 Å². The largest absolute Gasteiger partial charge is 0.447 e. The fraction of sp³-hybridized carbons (Fsp3) is 0.323. The number of nitrogens with one attached hydrogen (secondary N) is 2. The Morgan fingerprint density at radius 2 is 1.52 bits per heavy atom. The fourth-order valence-corrected chi connectivity index (χ4v) is 4.68. The molecule has 1 saturated heterocycles. The van der Waals surface area contributed by atoms with Crippen LogP contribution in [0.2, 0.25) is 0 Å². The molecule has 1 heterocycles. The highest BCUT2D eigenvalue weighted by Crippen LogP contribution is 2.33. The first kappa shape index (κ1) is 28.9. The Morgan fingerprint density at radius 3 is 2.25 bits per heavy atom. The Bertz CT molecular complexity index is 1260. The van der Waals surface area contributed by atoms with Gasteiger partial charge >= 0.3 is 6.09 Å². The van der Waals surface area contributed by atoms with Crippen molar-refractivity contribution in [3.63, 3.8) is 0 Å². The molecule has 0 aliphatic carbocycles. The van der Waals surface area contributed by atoms with Gasteiger partial charge in [0, 0.05) is 37.3 Å². The summed E-state index contributed by atoms with van der Waals surface area (Å²) in [5, 5.41) is 9.75. The van der Waals surface area contributed by atoms with Gasteiger partial charge in [-0.1, -0.05) is 79.2 Å². The summed E-state index contributed by atoms with van der Waals surface area (Å²) in [6.45, 7) is 2.77. The Morgan fingerprint density at radius 1 is 0.825 bits per heavy atom. The molecule has 210 valence electrons. The second-order valence-electron chi connectivity index (χ2n) is 9.69. The highest BCUT2D eigenvalue weighted by atomic mass is 16.6. The van der Waals surface area contributed by atoms with E-state index in [4.69, 9.17) is 10.5 Å². The van der Waals surface area contributed by atoms with Crippen LogP contribution in [-0.4, -0.2) is 62.1 Å². The molecule has 0 saturated carbocycles. The van der Waals surface area contributed by atoms with Crippen LogP contribution >= 0.6 is 0 Å². The number of para-hydroxylation sites is 1. The smallest absolute Gasteiger partial charge is 0.429 e. The molecule has 0 bridgehead atoms. The molecule has 1 aliphatic rings. The van der Waals surface area contributed by atoms with E-state index in [1.807, 2.05) is 66.7 Å². The number of hydrazine groups is 1. The van der Waals surface area contributed by atoms with Gasteiger partial charge in [0.05, 0.1) is 18.8 Å². The van der Waals surface area contributed by atoms with Crippen LogP contribution in [0.4, 0.5) is 10.5 Å². The van der Waals surface area contributed by atoms with Crippen LogP contribution in [0, 0.1) is 0 Å². The van der Waals surface area contributed by atoms with Crippen LogP contribution in [0.5, 0.6) is 0 Å². The lowest BCUT2D eigenvalue weighted by atomic mass is 10.0. The van der Waals surface area contributed by atoms with E-state index >= 15 is 0 Å². The number of ether oxygens (including phenoxy) is 1. The van der Waals surface area contributed by atoms with E-state index in [0.717, 1.165) is 54.7 Å². The molecule has 0 atom stereocenters. The number of anilines is 1. The van der Waals surface area contributed by atoms with Gasteiger partial charge in [0.1, 0.15) is 6.61 Å². The minimum atomic E-state index is -0.432. The fourth-order valence-electron chi connectivity index (χ4n) is 4.68. The topological polar surface area (TPSA) is 117 Å². The summed E-state index contributed by atoms with van der Waals surface area (Å²) < 4.78 is 5.69. The summed E-state index contributed by atoms with van der Waals surface area (Å²) in [7, 11) is 0. The van der Waals surface area contributed by atoms with Crippen molar-refractivity contribution < 1.29 is 19.1 Å². The zero-order valence-corrected chi connectivity index (χ0v) is 22.7. The van der Waals surface area contributed by atoms with E-state index in [0.29, 0.717) is 18.7 Å². The first-order valence-corrected chi connectivity index (χ1v) is 13.7. The molecule has 2 amide bonds. The zero-order valence-electron chi connectivity index (χ0n) is 22.7. The average molecular weight is 544 g/mol. The SMILES string of the molecule is NC(=O)CNCc1ccc(C(=O)CNCCOC(=O)N(c2ccccc2-c2ccccc2)N2CCCCC2)cc1. The van der Waals surface area contributed by atoms with E-state index in [1.54, 1.807) is 17.1 Å². The quantitative estimate of drug-likeness (QED) is 0.222. The average Bonchev–Trinajstić information content (AvgIpc) is 2.98. The van der Waals surface area contributed by atoms with Crippen LogP contribution in [0.25, 0.3) is 11.1 Å². The Balaban J connectivity index is 1.31. The van der Waals surface area contributed by atoms with Gasteiger partial charge in [0.25, 0.3) is 0 Å². The molecule has 1 aliphatic heterocycles. The maximum atomic E-state index is 13.4.